The smallest absolute Gasteiger partial charge is 0.0311 e. The molecule has 0 saturated heterocycles. The maximum absolute atomic E-state index is 3.65. The highest BCUT2D eigenvalue weighted by molar-refractivity contribution is 9.10. The zero-order valence-electron chi connectivity index (χ0n) is 8.51. The van der Waals surface area contributed by atoms with E-state index >= 15 is 0 Å². The zero-order valence-corrected chi connectivity index (χ0v) is 12.5. The summed E-state index contributed by atoms with van der Waals surface area (Å²) in [5, 5.41) is 1.15. The molecule has 0 heterocycles. The average molecular weight is 350 g/mol. The second-order valence-corrected chi connectivity index (χ2v) is 6.64. The van der Waals surface area contributed by atoms with Gasteiger partial charge in [0.25, 0.3) is 0 Å². The van der Waals surface area contributed by atoms with Crippen LogP contribution in [0.25, 0.3) is 0 Å². The van der Waals surface area contributed by atoms with Crippen LogP contribution in [-0.4, -0.2) is 11.1 Å². The normalized spacial score (nSPS) is 18.5. The Kier molecular flexibility index (Phi) is 4.19. The van der Waals surface area contributed by atoms with Gasteiger partial charge in [-0.3, -0.25) is 0 Å². The molecule has 0 aromatic heterocycles. The van der Waals surface area contributed by atoms with Crippen molar-refractivity contribution in [2.45, 2.75) is 24.2 Å². The highest BCUT2D eigenvalue weighted by Gasteiger charge is 2.35. The van der Waals surface area contributed by atoms with Gasteiger partial charge in [-0.25, -0.2) is 0 Å². The molecule has 1 aliphatic rings. The number of halogens is 2. The molecule has 15 heavy (non-hydrogen) atoms. The first-order valence-corrected chi connectivity index (χ1v) is 8.09. The van der Waals surface area contributed by atoms with Gasteiger partial charge in [0.1, 0.15) is 0 Å². The molecular formula is C12H14Br2S. The van der Waals surface area contributed by atoms with Crippen molar-refractivity contribution in [1.82, 2.24) is 0 Å². The van der Waals surface area contributed by atoms with E-state index in [0.29, 0.717) is 5.41 Å². The van der Waals surface area contributed by atoms with E-state index in [-0.39, 0.29) is 0 Å². The third-order valence-electron chi connectivity index (χ3n) is 3.07. The van der Waals surface area contributed by atoms with Crippen LogP contribution in [0.1, 0.15) is 19.3 Å². The van der Waals surface area contributed by atoms with Gasteiger partial charge in [-0.2, -0.15) is 0 Å². The quantitative estimate of drug-likeness (QED) is 0.537. The minimum absolute atomic E-state index is 0.569. The van der Waals surface area contributed by atoms with Crippen molar-refractivity contribution >= 4 is 43.6 Å². The molecule has 0 aliphatic heterocycles. The SMILES string of the molecule is BrCC1(CSc2ccccc2Br)CCC1. The lowest BCUT2D eigenvalue weighted by Crippen LogP contribution is -2.33. The Morgan fingerprint density at radius 2 is 2.00 bits per heavy atom. The zero-order chi connectivity index (χ0) is 10.7. The van der Waals surface area contributed by atoms with Crippen LogP contribution < -0.4 is 0 Å². The maximum Gasteiger partial charge on any atom is 0.0311 e. The van der Waals surface area contributed by atoms with Gasteiger partial charge in [0, 0.05) is 20.5 Å². The molecule has 0 unspecified atom stereocenters. The van der Waals surface area contributed by atoms with Crippen molar-refractivity contribution in [1.29, 1.82) is 0 Å². The summed E-state index contributed by atoms with van der Waals surface area (Å²) in [6.07, 6.45) is 4.17. The number of hydrogen-bond acceptors (Lipinski definition) is 1. The van der Waals surface area contributed by atoms with Crippen molar-refractivity contribution in [3.8, 4) is 0 Å². The van der Waals surface area contributed by atoms with Gasteiger partial charge in [0.05, 0.1) is 0 Å². The van der Waals surface area contributed by atoms with E-state index in [0.717, 1.165) is 5.33 Å². The van der Waals surface area contributed by atoms with Crippen LogP contribution in [0.5, 0.6) is 0 Å². The maximum atomic E-state index is 3.65. The fraction of sp³-hybridized carbons (Fsp3) is 0.500. The predicted octanol–water partition coefficient (Wildman–Crippen LogP) is 5.11. The molecule has 0 N–H and O–H groups in total. The van der Waals surface area contributed by atoms with E-state index in [1.54, 1.807) is 0 Å². The number of alkyl halides is 1. The molecule has 1 aromatic carbocycles. The Bertz CT molecular complexity index is 329. The topological polar surface area (TPSA) is 0 Å². The van der Waals surface area contributed by atoms with Crippen LogP contribution in [0.4, 0.5) is 0 Å². The highest BCUT2D eigenvalue weighted by atomic mass is 79.9. The average Bonchev–Trinajstić information content (AvgIpc) is 2.19. The largest absolute Gasteiger partial charge is 0.124 e. The van der Waals surface area contributed by atoms with Gasteiger partial charge in [0.15, 0.2) is 0 Å². The van der Waals surface area contributed by atoms with Crippen LogP contribution >= 0.6 is 43.6 Å². The van der Waals surface area contributed by atoms with Crippen molar-refractivity contribution in [3.63, 3.8) is 0 Å². The monoisotopic (exact) mass is 348 g/mol. The van der Waals surface area contributed by atoms with Crippen molar-refractivity contribution < 1.29 is 0 Å². The Balaban J connectivity index is 1.95. The minimum Gasteiger partial charge on any atom is -0.124 e. The van der Waals surface area contributed by atoms with Gasteiger partial charge in [0.2, 0.25) is 0 Å². The molecule has 0 radical (unpaired) electrons. The summed E-state index contributed by atoms with van der Waals surface area (Å²) in [6.45, 7) is 0. The fourth-order valence-corrected chi connectivity index (χ4v) is 4.67. The molecule has 1 aromatic rings. The summed E-state index contributed by atoms with van der Waals surface area (Å²) in [5.74, 6) is 1.24. The van der Waals surface area contributed by atoms with Crippen LogP contribution in [0, 0.1) is 5.41 Å². The van der Waals surface area contributed by atoms with Crippen LogP contribution in [0.2, 0.25) is 0 Å². The Morgan fingerprint density at radius 3 is 2.53 bits per heavy atom. The van der Waals surface area contributed by atoms with Gasteiger partial charge in [-0.05, 0) is 46.3 Å². The standard InChI is InChI=1S/C12H14Br2S/c13-8-12(6-3-7-12)9-15-11-5-2-1-4-10(11)14/h1-2,4-5H,3,6-9H2. The summed E-state index contributed by atoms with van der Waals surface area (Å²) in [5.41, 5.74) is 0.569. The Morgan fingerprint density at radius 1 is 1.27 bits per heavy atom. The lowest BCUT2D eigenvalue weighted by molar-refractivity contribution is 0.206. The number of thioether (sulfide) groups is 1. The van der Waals surface area contributed by atoms with E-state index in [4.69, 9.17) is 0 Å². The first kappa shape index (κ1) is 12.0. The van der Waals surface area contributed by atoms with E-state index in [9.17, 15) is 0 Å². The molecule has 82 valence electrons. The molecule has 0 atom stereocenters. The predicted molar refractivity (Wildman–Crippen MR) is 74.9 cm³/mol. The molecular weight excluding hydrogens is 336 g/mol. The lowest BCUT2D eigenvalue weighted by atomic mass is 9.72. The molecule has 1 aliphatic carbocycles. The van der Waals surface area contributed by atoms with Crippen molar-refractivity contribution in [3.05, 3.63) is 28.7 Å². The van der Waals surface area contributed by atoms with Crippen molar-refractivity contribution in [2.24, 2.45) is 5.41 Å². The number of rotatable bonds is 4. The van der Waals surface area contributed by atoms with E-state index < -0.39 is 0 Å². The molecule has 1 saturated carbocycles. The van der Waals surface area contributed by atoms with Gasteiger partial charge in [-0.1, -0.05) is 34.5 Å². The highest BCUT2D eigenvalue weighted by Crippen LogP contribution is 2.46. The molecule has 0 amide bonds. The third kappa shape index (κ3) is 2.80. The van der Waals surface area contributed by atoms with Crippen LogP contribution in [0.15, 0.2) is 33.6 Å². The summed E-state index contributed by atoms with van der Waals surface area (Å²) in [6, 6.07) is 8.48. The van der Waals surface area contributed by atoms with E-state index in [1.807, 2.05) is 11.8 Å². The molecule has 3 heteroatoms. The fourth-order valence-electron chi connectivity index (χ4n) is 1.79. The van der Waals surface area contributed by atoms with E-state index in [2.05, 4.69) is 56.1 Å². The van der Waals surface area contributed by atoms with E-state index in [1.165, 1.54) is 34.4 Å². The second kappa shape index (κ2) is 5.24. The summed E-state index contributed by atoms with van der Waals surface area (Å²) in [7, 11) is 0. The van der Waals surface area contributed by atoms with Crippen molar-refractivity contribution in [2.75, 3.05) is 11.1 Å². The lowest BCUT2D eigenvalue weighted by Gasteiger charge is -2.40. The molecule has 0 nitrogen and oxygen atoms in total. The summed E-state index contributed by atoms with van der Waals surface area (Å²) < 4.78 is 1.22. The van der Waals surface area contributed by atoms with Gasteiger partial charge >= 0.3 is 0 Å². The second-order valence-electron chi connectivity index (χ2n) is 4.21. The van der Waals surface area contributed by atoms with Crippen LogP contribution in [0.3, 0.4) is 0 Å². The van der Waals surface area contributed by atoms with Gasteiger partial charge in [-0.15, -0.1) is 11.8 Å². The molecule has 0 spiro atoms. The number of benzene rings is 1. The molecule has 0 bridgehead atoms. The first-order chi connectivity index (χ1) is 7.26. The third-order valence-corrected chi connectivity index (χ3v) is 6.64. The first-order valence-electron chi connectivity index (χ1n) is 5.19. The molecule has 1 fully saturated rings. The Labute approximate surface area is 112 Å². The summed E-state index contributed by atoms with van der Waals surface area (Å²) in [4.78, 5) is 1.37. The Hall–Kier alpha value is 0.530. The van der Waals surface area contributed by atoms with Crippen LogP contribution in [-0.2, 0) is 0 Å². The number of hydrogen-bond donors (Lipinski definition) is 0. The van der Waals surface area contributed by atoms with Gasteiger partial charge < -0.3 is 0 Å². The molecule has 2 rings (SSSR count). The summed E-state index contributed by atoms with van der Waals surface area (Å²) >= 11 is 9.22. The minimum atomic E-state index is 0.569.